The third-order valence-corrected chi connectivity index (χ3v) is 5.42. The highest BCUT2D eigenvalue weighted by Gasteiger charge is 2.18. The average Bonchev–Trinajstić information content (AvgIpc) is 2.61. The molecule has 1 amide bonds. The van der Waals surface area contributed by atoms with Gasteiger partial charge in [0.2, 0.25) is 0 Å². The van der Waals surface area contributed by atoms with Crippen LogP contribution in [0.5, 0.6) is 5.75 Å². The van der Waals surface area contributed by atoms with Gasteiger partial charge in [-0.05, 0) is 55.2 Å². The van der Waals surface area contributed by atoms with Gasteiger partial charge < -0.3 is 10.1 Å². The molecule has 0 heterocycles. The molecule has 0 aliphatic rings. The third-order valence-electron chi connectivity index (χ3n) is 4.30. The summed E-state index contributed by atoms with van der Waals surface area (Å²) in [6, 6.07) is 13.8. The van der Waals surface area contributed by atoms with Gasteiger partial charge in [-0.1, -0.05) is 32.0 Å². The summed E-state index contributed by atoms with van der Waals surface area (Å²) in [7, 11) is -3.26. The molecule has 2 aromatic rings. The summed E-state index contributed by atoms with van der Waals surface area (Å²) >= 11 is 0. The zero-order chi connectivity index (χ0) is 19.3. The number of benzene rings is 2. The molecule has 2 aromatic carbocycles. The molecule has 0 bridgehead atoms. The molecule has 2 unspecified atom stereocenters. The molecule has 6 heteroatoms. The van der Waals surface area contributed by atoms with Gasteiger partial charge in [0, 0.05) is 11.9 Å². The number of hydrogen-bond donors (Lipinski definition) is 1. The zero-order valence-corrected chi connectivity index (χ0v) is 16.3. The summed E-state index contributed by atoms with van der Waals surface area (Å²) in [4.78, 5) is 12.7. The van der Waals surface area contributed by atoms with Crippen LogP contribution in [0.3, 0.4) is 0 Å². The van der Waals surface area contributed by atoms with E-state index in [4.69, 9.17) is 4.74 Å². The standard InChI is InChI=1S/C20H25NO4S/c1-5-14(2)18-8-6-7-9-19(18)21-20(22)15(3)25-16-10-12-17(13-11-16)26(4,23)24/h6-15H,5H2,1-4H3,(H,21,22). The monoisotopic (exact) mass is 375 g/mol. The minimum atomic E-state index is -3.26. The van der Waals surface area contributed by atoms with Gasteiger partial charge in [0.25, 0.3) is 5.91 Å². The SMILES string of the molecule is CCC(C)c1ccccc1NC(=O)C(C)Oc1ccc(S(C)(=O)=O)cc1. The predicted molar refractivity (Wildman–Crippen MR) is 103 cm³/mol. The van der Waals surface area contributed by atoms with Gasteiger partial charge >= 0.3 is 0 Å². The van der Waals surface area contributed by atoms with Crippen molar-refractivity contribution in [3.8, 4) is 5.75 Å². The number of rotatable bonds is 7. The van der Waals surface area contributed by atoms with Crippen molar-refractivity contribution >= 4 is 21.4 Å². The molecule has 0 aliphatic heterocycles. The lowest BCUT2D eigenvalue weighted by Crippen LogP contribution is -2.30. The van der Waals surface area contributed by atoms with Crippen LogP contribution in [0, 0.1) is 0 Å². The van der Waals surface area contributed by atoms with Crippen molar-refractivity contribution in [3.63, 3.8) is 0 Å². The van der Waals surface area contributed by atoms with Crippen LogP contribution in [0.2, 0.25) is 0 Å². The van der Waals surface area contributed by atoms with Gasteiger partial charge in [0.1, 0.15) is 5.75 Å². The van der Waals surface area contributed by atoms with E-state index in [1.807, 2.05) is 24.3 Å². The Morgan fingerprint density at radius 1 is 1.08 bits per heavy atom. The van der Waals surface area contributed by atoms with E-state index in [9.17, 15) is 13.2 Å². The van der Waals surface area contributed by atoms with E-state index in [1.54, 1.807) is 19.1 Å². The van der Waals surface area contributed by atoms with Crippen LogP contribution in [-0.2, 0) is 14.6 Å². The number of carbonyl (C=O) groups is 1. The topological polar surface area (TPSA) is 72.5 Å². The molecule has 0 fully saturated rings. The normalized spacial score (nSPS) is 13.7. The van der Waals surface area contributed by atoms with Crippen LogP contribution in [0.15, 0.2) is 53.4 Å². The van der Waals surface area contributed by atoms with Crippen LogP contribution < -0.4 is 10.1 Å². The molecule has 0 saturated carbocycles. The Labute approximate surface area is 155 Å². The van der Waals surface area contributed by atoms with Crippen molar-refractivity contribution in [2.24, 2.45) is 0 Å². The van der Waals surface area contributed by atoms with E-state index in [0.29, 0.717) is 11.7 Å². The number of nitrogens with one attached hydrogen (secondary N) is 1. The largest absolute Gasteiger partial charge is 0.481 e. The zero-order valence-electron chi connectivity index (χ0n) is 15.5. The van der Waals surface area contributed by atoms with E-state index in [1.165, 1.54) is 12.1 Å². The van der Waals surface area contributed by atoms with E-state index >= 15 is 0 Å². The van der Waals surface area contributed by atoms with E-state index in [2.05, 4.69) is 19.2 Å². The number of ether oxygens (including phenoxy) is 1. The lowest BCUT2D eigenvalue weighted by Gasteiger charge is -2.18. The van der Waals surface area contributed by atoms with Gasteiger partial charge in [-0.2, -0.15) is 0 Å². The Balaban J connectivity index is 2.07. The lowest BCUT2D eigenvalue weighted by molar-refractivity contribution is -0.122. The summed E-state index contributed by atoms with van der Waals surface area (Å²) in [5.41, 5.74) is 1.88. The molecule has 0 aliphatic carbocycles. The van der Waals surface area contributed by atoms with Gasteiger partial charge in [0.15, 0.2) is 15.9 Å². The maximum atomic E-state index is 12.5. The van der Waals surface area contributed by atoms with E-state index < -0.39 is 15.9 Å². The number of sulfone groups is 1. The highest BCUT2D eigenvalue weighted by Crippen LogP contribution is 2.26. The molecular formula is C20H25NO4S. The second-order valence-electron chi connectivity index (χ2n) is 6.39. The summed E-state index contributed by atoms with van der Waals surface area (Å²) < 4.78 is 28.6. The first-order valence-corrected chi connectivity index (χ1v) is 10.5. The molecule has 140 valence electrons. The van der Waals surface area contributed by atoms with Crippen LogP contribution in [0.4, 0.5) is 5.69 Å². The first kappa shape index (κ1) is 20.0. The van der Waals surface area contributed by atoms with Crippen molar-refractivity contribution in [1.29, 1.82) is 0 Å². The lowest BCUT2D eigenvalue weighted by atomic mass is 9.97. The van der Waals surface area contributed by atoms with Crippen LogP contribution >= 0.6 is 0 Å². The van der Waals surface area contributed by atoms with Crippen LogP contribution in [0.25, 0.3) is 0 Å². The van der Waals surface area contributed by atoms with E-state index in [-0.39, 0.29) is 10.8 Å². The average molecular weight is 375 g/mol. The van der Waals surface area contributed by atoms with Gasteiger partial charge in [-0.3, -0.25) is 4.79 Å². The molecule has 1 N–H and O–H groups in total. The predicted octanol–water partition coefficient (Wildman–Crippen LogP) is 4.01. The van der Waals surface area contributed by atoms with Gasteiger partial charge in [-0.25, -0.2) is 8.42 Å². The first-order chi connectivity index (χ1) is 12.2. The highest BCUT2D eigenvalue weighted by molar-refractivity contribution is 7.90. The number of hydrogen-bond acceptors (Lipinski definition) is 4. The van der Waals surface area contributed by atoms with Crippen LogP contribution in [0.1, 0.15) is 38.7 Å². The quantitative estimate of drug-likeness (QED) is 0.794. The molecule has 26 heavy (non-hydrogen) atoms. The maximum absolute atomic E-state index is 12.5. The summed E-state index contributed by atoms with van der Waals surface area (Å²) in [6.45, 7) is 5.88. The molecule has 0 radical (unpaired) electrons. The summed E-state index contributed by atoms with van der Waals surface area (Å²) in [5.74, 6) is 0.523. The molecule has 5 nitrogen and oxygen atoms in total. The van der Waals surface area contributed by atoms with Crippen molar-refractivity contribution in [3.05, 3.63) is 54.1 Å². The molecule has 2 rings (SSSR count). The molecule has 0 spiro atoms. The second-order valence-corrected chi connectivity index (χ2v) is 8.41. The Hall–Kier alpha value is -2.34. The van der Waals surface area contributed by atoms with E-state index in [0.717, 1.165) is 23.9 Å². The van der Waals surface area contributed by atoms with Crippen molar-refractivity contribution < 1.29 is 17.9 Å². The second kappa shape index (κ2) is 8.36. The number of carbonyl (C=O) groups excluding carboxylic acids is 1. The molecular weight excluding hydrogens is 350 g/mol. The fourth-order valence-electron chi connectivity index (χ4n) is 2.52. The Morgan fingerprint density at radius 3 is 2.27 bits per heavy atom. The maximum Gasteiger partial charge on any atom is 0.265 e. The molecule has 0 saturated heterocycles. The summed E-state index contributed by atoms with van der Waals surface area (Å²) in [5, 5.41) is 2.92. The van der Waals surface area contributed by atoms with Gasteiger partial charge in [0.05, 0.1) is 4.90 Å². The Morgan fingerprint density at radius 2 is 1.69 bits per heavy atom. The Bertz CT molecular complexity index is 860. The minimum Gasteiger partial charge on any atom is -0.481 e. The van der Waals surface area contributed by atoms with Gasteiger partial charge in [-0.15, -0.1) is 0 Å². The van der Waals surface area contributed by atoms with Crippen molar-refractivity contribution in [2.75, 3.05) is 11.6 Å². The fraction of sp³-hybridized carbons (Fsp3) is 0.350. The van der Waals surface area contributed by atoms with Crippen molar-refractivity contribution in [2.45, 2.75) is 44.1 Å². The summed E-state index contributed by atoms with van der Waals surface area (Å²) in [6.07, 6.45) is 1.41. The van der Waals surface area contributed by atoms with Crippen LogP contribution in [-0.4, -0.2) is 26.7 Å². The molecule has 0 aromatic heterocycles. The minimum absolute atomic E-state index is 0.212. The Kier molecular flexibility index (Phi) is 6.42. The van der Waals surface area contributed by atoms with Crippen molar-refractivity contribution in [1.82, 2.24) is 0 Å². The fourth-order valence-corrected chi connectivity index (χ4v) is 3.15. The highest BCUT2D eigenvalue weighted by atomic mass is 32.2. The number of anilines is 1. The smallest absolute Gasteiger partial charge is 0.265 e. The number of para-hydroxylation sites is 1. The molecule has 2 atom stereocenters. The number of amides is 1. The third kappa shape index (κ3) is 5.08. The first-order valence-electron chi connectivity index (χ1n) is 8.59.